The van der Waals surface area contributed by atoms with E-state index in [9.17, 15) is 9.59 Å². The second-order valence-electron chi connectivity index (χ2n) is 6.28. The molecule has 0 atom stereocenters. The summed E-state index contributed by atoms with van der Waals surface area (Å²) < 4.78 is 6.23. The number of hydrogen-bond acceptors (Lipinski definition) is 3. The van der Waals surface area contributed by atoms with E-state index >= 15 is 0 Å². The summed E-state index contributed by atoms with van der Waals surface area (Å²) in [4.78, 5) is 24.2. The van der Waals surface area contributed by atoms with Crippen LogP contribution in [0.1, 0.15) is 43.0 Å². The molecule has 1 aromatic carbocycles. The SMILES string of the molecule is CCNC(=O)C1CCC2(CC1)CNC(=O)c1cc(Cl)ccc1O2. The van der Waals surface area contributed by atoms with Crippen molar-refractivity contribution in [1.29, 1.82) is 0 Å². The summed E-state index contributed by atoms with van der Waals surface area (Å²) in [5.41, 5.74) is 0.0396. The smallest absolute Gasteiger partial charge is 0.255 e. The number of carbonyl (C=O) groups excluding carboxylic acids is 2. The average Bonchev–Trinajstić information content (AvgIpc) is 2.67. The van der Waals surface area contributed by atoms with Crippen LogP contribution in [-0.2, 0) is 4.79 Å². The van der Waals surface area contributed by atoms with Gasteiger partial charge in [-0.2, -0.15) is 0 Å². The lowest BCUT2D eigenvalue weighted by atomic mass is 9.78. The van der Waals surface area contributed by atoms with Crippen molar-refractivity contribution < 1.29 is 14.3 Å². The molecule has 124 valence electrons. The molecule has 23 heavy (non-hydrogen) atoms. The fraction of sp³-hybridized carbons (Fsp3) is 0.529. The first-order valence-electron chi connectivity index (χ1n) is 8.07. The van der Waals surface area contributed by atoms with Crippen molar-refractivity contribution in [3.8, 4) is 5.75 Å². The third kappa shape index (κ3) is 3.29. The molecule has 1 heterocycles. The summed E-state index contributed by atoms with van der Waals surface area (Å²) >= 11 is 5.98. The van der Waals surface area contributed by atoms with E-state index in [1.165, 1.54) is 0 Å². The van der Waals surface area contributed by atoms with Gasteiger partial charge in [0.2, 0.25) is 5.91 Å². The van der Waals surface area contributed by atoms with E-state index in [4.69, 9.17) is 16.3 Å². The number of rotatable bonds is 2. The van der Waals surface area contributed by atoms with Crippen LogP contribution in [-0.4, -0.2) is 30.5 Å². The Labute approximate surface area is 140 Å². The molecule has 0 aromatic heterocycles. The van der Waals surface area contributed by atoms with Crippen LogP contribution in [0, 0.1) is 5.92 Å². The first-order chi connectivity index (χ1) is 11.0. The Morgan fingerprint density at radius 1 is 1.43 bits per heavy atom. The highest BCUT2D eigenvalue weighted by Gasteiger charge is 2.41. The summed E-state index contributed by atoms with van der Waals surface area (Å²) in [5.74, 6) is 0.561. The third-order valence-electron chi connectivity index (χ3n) is 4.70. The number of fused-ring (bicyclic) bond motifs is 1. The van der Waals surface area contributed by atoms with Crippen LogP contribution in [0.2, 0.25) is 5.02 Å². The van der Waals surface area contributed by atoms with E-state index in [0.29, 0.717) is 29.4 Å². The van der Waals surface area contributed by atoms with Crippen molar-refractivity contribution in [3.63, 3.8) is 0 Å². The summed E-state index contributed by atoms with van der Waals surface area (Å²) in [6, 6.07) is 5.11. The van der Waals surface area contributed by atoms with Crippen molar-refractivity contribution in [2.24, 2.45) is 5.92 Å². The van der Waals surface area contributed by atoms with E-state index in [0.717, 1.165) is 25.7 Å². The van der Waals surface area contributed by atoms with Crippen molar-refractivity contribution in [1.82, 2.24) is 10.6 Å². The Morgan fingerprint density at radius 3 is 2.87 bits per heavy atom. The Bertz CT molecular complexity index is 624. The largest absolute Gasteiger partial charge is 0.485 e. The molecule has 0 unspecified atom stereocenters. The summed E-state index contributed by atoms with van der Waals surface area (Å²) in [5, 5.41) is 6.33. The van der Waals surface area contributed by atoms with E-state index in [-0.39, 0.29) is 17.7 Å². The van der Waals surface area contributed by atoms with Gasteiger partial charge < -0.3 is 15.4 Å². The van der Waals surface area contributed by atoms with Gasteiger partial charge in [-0.3, -0.25) is 9.59 Å². The predicted molar refractivity (Wildman–Crippen MR) is 87.8 cm³/mol. The Morgan fingerprint density at radius 2 is 2.17 bits per heavy atom. The molecule has 1 aliphatic heterocycles. The first kappa shape index (κ1) is 16.1. The minimum absolute atomic E-state index is 0.0350. The molecule has 2 N–H and O–H groups in total. The lowest BCUT2D eigenvalue weighted by Gasteiger charge is -2.39. The van der Waals surface area contributed by atoms with Gasteiger partial charge in [0, 0.05) is 17.5 Å². The van der Waals surface area contributed by atoms with E-state index in [2.05, 4.69) is 10.6 Å². The second kappa shape index (κ2) is 6.40. The third-order valence-corrected chi connectivity index (χ3v) is 4.94. The number of carbonyl (C=O) groups is 2. The maximum Gasteiger partial charge on any atom is 0.255 e. The van der Waals surface area contributed by atoms with Gasteiger partial charge in [-0.15, -0.1) is 0 Å². The lowest BCUT2D eigenvalue weighted by Crippen LogP contribution is -2.49. The zero-order chi connectivity index (χ0) is 16.4. The van der Waals surface area contributed by atoms with Gasteiger partial charge in [0.25, 0.3) is 5.91 Å². The van der Waals surface area contributed by atoms with Gasteiger partial charge in [-0.1, -0.05) is 11.6 Å². The lowest BCUT2D eigenvalue weighted by molar-refractivity contribution is -0.127. The molecule has 6 heteroatoms. The van der Waals surface area contributed by atoms with Crippen LogP contribution >= 0.6 is 11.6 Å². The molecule has 1 spiro atoms. The maximum absolute atomic E-state index is 12.2. The van der Waals surface area contributed by atoms with Crippen molar-refractivity contribution in [2.75, 3.05) is 13.1 Å². The zero-order valence-electron chi connectivity index (χ0n) is 13.2. The molecule has 0 radical (unpaired) electrons. The number of amides is 2. The van der Waals surface area contributed by atoms with Crippen LogP contribution < -0.4 is 15.4 Å². The van der Waals surface area contributed by atoms with E-state index < -0.39 is 5.60 Å². The Hall–Kier alpha value is -1.75. The van der Waals surface area contributed by atoms with Gasteiger partial charge in [-0.25, -0.2) is 0 Å². The predicted octanol–water partition coefficient (Wildman–Crippen LogP) is 2.53. The Balaban J connectivity index is 1.76. The van der Waals surface area contributed by atoms with Crippen molar-refractivity contribution in [2.45, 2.75) is 38.2 Å². The molecule has 5 nitrogen and oxygen atoms in total. The fourth-order valence-electron chi connectivity index (χ4n) is 3.38. The molecule has 2 amide bonds. The van der Waals surface area contributed by atoms with Crippen LogP contribution in [0.15, 0.2) is 18.2 Å². The van der Waals surface area contributed by atoms with E-state index in [1.807, 2.05) is 6.92 Å². The Kier molecular flexibility index (Phi) is 4.48. The normalized spacial score (nSPS) is 26.7. The second-order valence-corrected chi connectivity index (χ2v) is 6.71. The highest BCUT2D eigenvalue weighted by molar-refractivity contribution is 6.31. The molecule has 1 aromatic rings. The molecule has 1 fully saturated rings. The molecule has 0 bridgehead atoms. The number of halogens is 1. The van der Waals surface area contributed by atoms with Gasteiger partial charge in [0.15, 0.2) is 0 Å². The maximum atomic E-state index is 12.2. The minimum atomic E-state index is -0.433. The number of benzene rings is 1. The average molecular weight is 337 g/mol. The zero-order valence-corrected chi connectivity index (χ0v) is 13.9. The summed E-state index contributed by atoms with van der Waals surface area (Å²) in [6.07, 6.45) is 3.03. The fourth-order valence-corrected chi connectivity index (χ4v) is 3.55. The number of hydrogen-bond donors (Lipinski definition) is 2. The minimum Gasteiger partial charge on any atom is -0.485 e. The molecule has 1 saturated carbocycles. The number of ether oxygens (including phenoxy) is 1. The molecule has 0 saturated heterocycles. The van der Waals surface area contributed by atoms with E-state index in [1.54, 1.807) is 18.2 Å². The van der Waals surface area contributed by atoms with Gasteiger partial charge in [-0.05, 0) is 50.8 Å². The van der Waals surface area contributed by atoms with Crippen LogP contribution in [0.25, 0.3) is 0 Å². The van der Waals surface area contributed by atoms with Crippen LogP contribution in [0.5, 0.6) is 5.75 Å². The molecular weight excluding hydrogens is 316 g/mol. The molecule has 2 aliphatic rings. The summed E-state index contributed by atoms with van der Waals surface area (Å²) in [7, 11) is 0. The topological polar surface area (TPSA) is 67.4 Å². The van der Waals surface area contributed by atoms with Crippen molar-refractivity contribution in [3.05, 3.63) is 28.8 Å². The highest BCUT2D eigenvalue weighted by atomic mass is 35.5. The monoisotopic (exact) mass is 336 g/mol. The van der Waals surface area contributed by atoms with Crippen LogP contribution in [0.4, 0.5) is 0 Å². The van der Waals surface area contributed by atoms with Crippen molar-refractivity contribution >= 4 is 23.4 Å². The van der Waals surface area contributed by atoms with Gasteiger partial charge in [0.05, 0.1) is 12.1 Å². The number of nitrogens with one attached hydrogen (secondary N) is 2. The van der Waals surface area contributed by atoms with Gasteiger partial charge >= 0.3 is 0 Å². The van der Waals surface area contributed by atoms with Gasteiger partial charge in [0.1, 0.15) is 11.4 Å². The molecule has 1 aliphatic carbocycles. The standard InChI is InChI=1S/C17H21ClN2O3/c1-2-19-15(21)11-5-7-17(8-6-11)10-20-16(22)13-9-12(18)3-4-14(13)23-17/h3-4,9,11H,2,5-8,10H2,1H3,(H,19,21)(H,20,22). The first-order valence-corrected chi connectivity index (χ1v) is 8.45. The highest BCUT2D eigenvalue weighted by Crippen LogP contribution is 2.38. The summed E-state index contributed by atoms with van der Waals surface area (Å²) in [6.45, 7) is 3.04. The molecular formula is C17H21ClN2O3. The van der Waals surface area contributed by atoms with Crippen LogP contribution in [0.3, 0.4) is 0 Å². The quantitative estimate of drug-likeness (QED) is 0.872. The molecule has 3 rings (SSSR count).